The first-order chi connectivity index (χ1) is 14.5. The Hall–Kier alpha value is -2.84. The molecule has 9 heteroatoms. The number of methoxy groups -OCH3 is 2. The lowest BCUT2D eigenvalue weighted by Gasteiger charge is -2.31. The number of carbonyl (C=O) groups excluding carboxylic acids is 3. The maximum absolute atomic E-state index is 13.2. The van der Waals surface area contributed by atoms with Gasteiger partial charge in [-0.1, -0.05) is 6.42 Å². The fraction of sp³-hybridized carbons (Fsp3) is 0.619. The number of hydrogen-bond donors (Lipinski definition) is 1. The van der Waals surface area contributed by atoms with Crippen LogP contribution in [0.3, 0.4) is 0 Å². The molecule has 1 aromatic rings. The van der Waals surface area contributed by atoms with Crippen molar-refractivity contribution in [2.24, 2.45) is 5.92 Å². The summed E-state index contributed by atoms with van der Waals surface area (Å²) in [6, 6.07) is 3.18. The number of rotatable bonds is 3. The van der Waals surface area contributed by atoms with Gasteiger partial charge in [0.1, 0.15) is 5.56 Å². The number of pyridine rings is 1. The molecule has 30 heavy (non-hydrogen) atoms. The van der Waals surface area contributed by atoms with Crippen molar-refractivity contribution in [2.75, 3.05) is 40.4 Å². The second-order valence-corrected chi connectivity index (χ2v) is 7.66. The van der Waals surface area contributed by atoms with Crippen LogP contribution in [0.15, 0.2) is 12.1 Å². The van der Waals surface area contributed by atoms with E-state index < -0.39 is 0 Å². The number of carbonyl (C=O) groups is 3. The van der Waals surface area contributed by atoms with Crippen molar-refractivity contribution in [3.8, 4) is 11.8 Å². The second kappa shape index (κ2) is 9.77. The Morgan fingerprint density at radius 1 is 1.10 bits per heavy atom. The molecule has 0 bridgehead atoms. The molecule has 2 fully saturated rings. The number of fused-ring (bicyclic) bond motifs is 1. The molecule has 2 unspecified atom stereocenters. The number of ether oxygens (including phenoxy) is 2. The summed E-state index contributed by atoms with van der Waals surface area (Å²) in [5, 5.41) is 2.96. The zero-order valence-corrected chi connectivity index (χ0v) is 17.8. The molecule has 1 saturated heterocycles. The first-order valence-corrected chi connectivity index (χ1v) is 10.4. The summed E-state index contributed by atoms with van der Waals surface area (Å²) >= 11 is 0. The van der Waals surface area contributed by atoms with Gasteiger partial charge in [0, 0.05) is 45.2 Å². The van der Waals surface area contributed by atoms with E-state index in [1.807, 2.05) is 0 Å². The third-order valence-corrected chi connectivity index (χ3v) is 5.88. The van der Waals surface area contributed by atoms with Crippen molar-refractivity contribution in [1.82, 2.24) is 20.1 Å². The molecule has 2 aliphatic rings. The van der Waals surface area contributed by atoms with E-state index in [0.717, 1.165) is 19.3 Å². The SMILES string of the molecule is COc1ccc(C(=O)N2CCCN(C(C)=O)C3CCCC3C(=O)NCC2)c(OC)n1. The minimum atomic E-state index is -0.231. The number of amides is 3. The minimum Gasteiger partial charge on any atom is -0.481 e. The van der Waals surface area contributed by atoms with Crippen LogP contribution in [0, 0.1) is 5.92 Å². The Balaban J connectivity index is 1.80. The van der Waals surface area contributed by atoms with Gasteiger partial charge in [0.2, 0.25) is 23.6 Å². The first kappa shape index (κ1) is 21.9. The molecular formula is C21H30N4O5. The summed E-state index contributed by atoms with van der Waals surface area (Å²) < 4.78 is 10.4. The van der Waals surface area contributed by atoms with E-state index in [4.69, 9.17) is 9.47 Å². The van der Waals surface area contributed by atoms with Gasteiger partial charge in [0.05, 0.1) is 20.1 Å². The van der Waals surface area contributed by atoms with E-state index >= 15 is 0 Å². The summed E-state index contributed by atoms with van der Waals surface area (Å²) in [6.45, 7) is 3.26. The molecule has 3 rings (SSSR count). The van der Waals surface area contributed by atoms with Crippen LogP contribution in [0.25, 0.3) is 0 Å². The lowest BCUT2D eigenvalue weighted by molar-refractivity contribution is -0.134. The van der Waals surface area contributed by atoms with Crippen molar-refractivity contribution in [1.29, 1.82) is 0 Å². The standard InChI is InChI=1S/C21H30N4O5/c1-14(26)25-12-5-11-24(13-10-22-19(27)15-6-4-7-17(15)25)21(28)16-8-9-18(29-2)23-20(16)30-3/h8-9,15,17H,4-7,10-13H2,1-3H3,(H,22,27). The molecule has 1 aliphatic carbocycles. The van der Waals surface area contributed by atoms with Crippen LogP contribution in [-0.4, -0.2) is 78.9 Å². The van der Waals surface area contributed by atoms with Gasteiger partial charge in [-0.25, -0.2) is 0 Å². The molecule has 3 amide bonds. The Kier molecular flexibility index (Phi) is 7.12. The van der Waals surface area contributed by atoms with E-state index in [0.29, 0.717) is 44.0 Å². The highest BCUT2D eigenvalue weighted by Crippen LogP contribution is 2.31. The maximum atomic E-state index is 13.2. The Labute approximate surface area is 176 Å². The predicted molar refractivity (Wildman–Crippen MR) is 109 cm³/mol. The molecule has 1 N–H and O–H groups in total. The lowest BCUT2D eigenvalue weighted by atomic mass is 10.0. The van der Waals surface area contributed by atoms with Crippen molar-refractivity contribution in [2.45, 2.75) is 38.6 Å². The summed E-state index contributed by atoms with van der Waals surface area (Å²) in [5.74, 6) is 0.0704. The Morgan fingerprint density at radius 3 is 2.60 bits per heavy atom. The highest BCUT2D eigenvalue weighted by molar-refractivity contribution is 5.96. The van der Waals surface area contributed by atoms with Gasteiger partial charge in [0.15, 0.2) is 0 Å². The van der Waals surface area contributed by atoms with E-state index in [1.54, 1.807) is 28.9 Å². The van der Waals surface area contributed by atoms with Gasteiger partial charge in [-0.3, -0.25) is 14.4 Å². The van der Waals surface area contributed by atoms with Crippen LogP contribution in [0.2, 0.25) is 0 Å². The van der Waals surface area contributed by atoms with Crippen LogP contribution in [-0.2, 0) is 9.59 Å². The molecule has 1 saturated carbocycles. The van der Waals surface area contributed by atoms with Crippen molar-refractivity contribution < 1.29 is 23.9 Å². The molecule has 9 nitrogen and oxygen atoms in total. The van der Waals surface area contributed by atoms with Crippen LogP contribution in [0.4, 0.5) is 0 Å². The molecule has 1 aliphatic heterocycles. The highest BCUT2D eigenvalue weighted by Gasteiger charge is 2.38. The molecular weight excluding hydrogens is 388 g/mol. The second-order valence-electron chi connectivity index (χ2n) is 7.66. The largest absolute Gasteiger partial charge is 0.481 e. The van der Waals surface area contributed by atoms with Crippen molar-refractivity contribution >= 4 is 17.7 Å². The van der Waals surface area contributed by atoms with E-state index in [9.17, 15) is 14.4 Å². The number of nitrogens with one attached hydrogen (secondary N) is 1. The van der Waals surface area contributed by atoms with Crippen molar-refractivity contribution in [3.63, 3.8) is 0 Å². The topological polar surface area (TPSA) is 101 Å². The third-order valence-electron chi connectivity index (χ3n) is 5.88. The van der Waals surface area contributed by atoms with E-state index in [2.05, 4.69) is 10.3 Å². The van der Waals surface area contributed by atoms with Gasteiger partial charge >= 0.3 is 0 Å². The van der Waals surface area contributed by atoms with E-state index in [1.165, 1.54) is 14.2 Å². The Bertz CT molecular complexity index is 800. The lowest BCUT2D eigenvalue weighted by Crippen LogP contribution is -2.46. The minimum absolute atomic E-state index is 0.0298. The van der Waals surface area contributed by atoms with Crippen LogP contribution < -0.4 is 14.8 Å². The predicted octanol–water partition coefficient (Wildman–Crippen LogP) is 1.08. The van der Waals surface area contributed by atoms with Gasteiger partial charge < -0.3 is 24.6 Å². The first-order valence-electron chi connectivity index (χ1n) is 10.4. The van der Waals surface area contributed by atoms with Gasteiger partial charge in [0.25, 0.3) is 5.91 Å². The van der Waals surface area contributed by atoms with Crippen LogP contribution >= 0.6 is 0 Å². The quantitative estimate of drug-likeness (QED) is 0.788. The van der Waals surface area contributed by atoms with Gasteiger partial charge in [-0.05, 0) is 25.3 Å². The fourth-order valence-corrected chi connectivity index (χ4v) is 4.39. The van der Waals surface area contributed by atoms with Crippen LogP contribution in [0.5, 0.6) is 11.8 Å². The molecule has 164 valence electrons. The van der Waals surface area contributed by atoms with Crippen LogP contribution in [0.1, 0.15) is 43.0 Å². The zero-order valence-electron chi connectivity index (χ0n) is 17.8. The Morgan fingerprint density at radius 2 is 1.90 bits per heavy atom. The monoisotopic (exact) mass is 418 g/mol. The highest BCUT2D eigenvalue weighted by atomic mass is 16.5. The third kappa shape index (κ3) is 4.66. The molecule has 0 spiro atoms. The molecule has 0 radical (unpaired) electrons. The van der Waals surface area contributed by atoms with Gasteiger partial charge in [-0.2, -0.15) is 4.98 Å². The average Bonchev–Trinajstić information content (AvgIpc) is 3.22. The summed E-state index contributed by atoms with van der Waals surface area (Å²) in [6.07, 6.45) is 3.21. The summed E-state index contributed by atoms with van der Waals surface area (Å²) in [4.78, 5) is 45.8. The summed E-state index contributed by atoms with van der Waals surface area (Å²) in [5.41, 5.74) is 0.333. The maximum Gasteiger partial charge on any atom is 0.259 e. The van der Waals surface area contributed by atoms with Gasteiger partial charge in [-0.15, -0.1) is 0 Å². The molecule has 0 aromatic carbocycles. The van der Waals surface area contributed by atoms with E-state index in [-0.39, 0.29) is 35.6 Å². The number of aromatic nitrogens is 1. The molecule has 2 atom stereocenters. The summed E-state index contributed by atoms with van der Waals surface area (Å²) in [7, 11) is 2.95. The number of hydrogen-bond acceptors (Lipinski definition) is 6. The normalized spacial score (nSPS) is 22.6. The molecule has 1 aromatic heterocycles. The fourth-order valence-electron chi connectivity index (χ4n) is 4.39. The van der Waals surface area contributed by atoms with Crippen molar-refractivity contribution in [3.05, 3.63) is 17.7 Å². The smallest absolute Gasteiger partial charge is 0.259 e. The average molecular weight is 418 g/mol. The number of nitrogens with zero attached hydrogens (tertiary/aromatic N) is 3. The zero-order chi connectivity index (χ0) is 21.7. The molecule has 2 heterocycles.